The van der Waals surface area contributed by atoms with Gasteiger partial charge in [-0.2, -0.15) is 0 Å². The maximum absolute atomic E-state index is 5.58. The molecule has 1 aromatic heterocycles. The van der Waals surface area contributed by atoms with Gasteiger partial charge in [-0.3, -0.25) is 0 Å². The van der Waals surface area contributed by atoms with Gasteiger partial charge < -0.3 is 11.1 Å². The number of anilines is 1. The highest BCUT2D eigenvalue weighted by molar-refractivity contribution is 7.15. The smallest absolute Gasteiger partial charge is 0.180 e. The van der Waals surface area contributed by atoms with Gasteiger partial charge in [-0.25, -0.2) is 4.98 Å². The van der Waals surface area contributed by atoms with Crippen molar-refractivity contribution in [3.05, 3.63) is 47.0 Å². The number of nitrogens with one attached hydrogen (secondary N) is 1. The van der Waals surface area contributed by atoms with Crippen LogP contribution in [0.15, 0.2) is 36.5 Å². The summed E-state index contributed by atoms with van der Waals surface area (Å²) >= 11 is 1.53. The quantitative estimate of drug-likeness (QED) is 0.897. The maximum atomic E-state index is 5.58. The molecule has 1 heterocycles. The van der Waals surface area contributed by atoms with Gasteiger partial charge in [0.1, 0.15) is 0 Å². The van der Waals surface area contributed by atoms with Crippen molar-refractivity contribution in [3.8, 4) is 0 Å². The third kappa shape index (κ3) is 4.00. The molecule has 0 aliphatic heterocycles. The lowest BCUT2D eigenvalue weighted by atomic mass is 10.1. The number of rotatable bonds is 4. The summed E-state index contributed by atoms with van der Waals surface area (Å²) in [5, 5.41) is 4.07. The minimum atomic E-state index is 0. The molecule has 5 heteroatoms. The van der Waals surface area contributed by atoms with Crippen molar-refractivity contribution in [2.24, 2.45) is 0 Å². The molecule has 0 saturated carbocycles. The number of benzene rings is 1. The normalized spacial score (nSPS) is 11.8. The lowest BCUT2D eigenvalue weighted by Gasteiger charge is -2.12. The molecule has 1 unspecified atom stereocenters. The first kappa shape index (κ1) is 14.0. The van der Waals surface area contributed by atoms with Crippen molar-refractivity contribution in [3.63, 3.8) is 0 Å². The molecule has 0 aliphatic carbocycles. The van der Waals surface area contributed by atoms with E-state index in [0.717, 1.165) is 6.54 Å². The molecule has 2 rings (SSSR count). The van der Waals surface area contributed by atoms with E-state index >= 15 is 0 Å². The first-order chi connectivity index (χ1) is 7.75. The van der Waals surface area contributed by atoms with E-state index in [2.05, 4.69) is 41.5 Å². The van der Waals surface area contributed by atoms with Crippen molar-refractivity contribution < 1.29 is 0 Å². The Kier molecular flexibility index (Phi) is 5.41. The molecule has 0 radical (unpaired) electrons. The maximum Gasteiger partial charge on any atom is 0.180 e. The fraction of sp³-hybridized carbons (Fsp3) is 0.250. The first-order valence-electron chi connectivity index (χ1n) is 5.24. The van der Waals surface area contributed by atoms with Crippen LogP contribution in [0.5, 0.6) is 0 Å². The van der Waals surface area contributed by atoms with E-state index in [1.807, 2.05) is 12.3 Å². The number of hydrogen-bond acceptors (Lipinski definition) is 4. The Morgan fingerprint density at radius 3 is 2.65 bits per heavy atom. The van der Waals surface area contributed by atoms with Gasteiger partial charge in [0.2, 0.25) is 0 Å². The summed E-state index contributed by atoms with van der Waals surface area (Å²) in [6.07, 6.45) is 1.82. The molecule has 0 saturated heterocycles. The molecule has 0 bridgehead atoms. The van der Waals surface area contributed by atoms with Crippen molar-refractivity contribution in [2.75, 3.05) is 5.73 Å². The van der Waals surface area contributed by atoms with Crippen LogP contribution in [0.3, 0.4) is 0 Å². The molecule has 1 atom stereocenters. The molecule has 3 N–H and O–H groups in total. The zero-order valence-corrected chi connectivity index (χ0v) is 11.2. The summed E-state index contributed by atoms with van der Waals surface area (Å²) in [5.74, 6) is 0. The Morgan fingerprint density at radius 2 is 2.06 bits per heavy atom. The van der Waals surface area contributed by atoms with Crippen molar-refractivity contribution in [2.45, 2.75) is 19.5 Å². The van der Waals surface area contributed by atoms with Gasteiger partial charge >= 0.3 is 0 Å². The zero-order chi connectivity index (χ0) is 11.4. The summed E-state index contributed by atoms with van der Waals surface area (Å²) in [4.78, 5) is 5.19. The zero-order valence-electron chi connectivity index (χ0n) is 9.59. The van der Waals surface area contributed by atoms with E-state index in [1.54, 1.807) is 0 Å². The third-order valence-electron chi connectivity index (χ3n) is 2.45. The molecule has 0 aliphatic rings. The van der Waals surface area contributed by atoms with E-state index < -0.39 is 0 Å². The predicted molar refractivity (Wildman–Crippen MR) is 75.5 cm³/mol. The van der Waals surface area contributed by atoms with Crippen LogP contribution >= 0.6 is 23.7 Å². The molecular weight excluding hydrogens is 254 g/mol. The fourth-order valence-corrected chi connectivity index (χ4v) is 2.15. The van der Waals surface area contributed by atoms with Crippen molar-refractivity contribution >= 4 is 28.9 Å². The lowest BCUT2D eigenvalue weighted by molar-refractivity contribution is 0.578. The average Bonchev–Trinajstić information content (AvgIpc) is 2.73. The van der Waals surface area contributed by atoms with E-state index in [-0.39, 0.29) is 12.4 Å². The summed E-state index contributed by atoms with van der Waals surface area (Å²) in [7, 11) is 0. The molecule has 17 heavy (non-hydrogen) atoms. The topological polar surface area (TPSA) is 50.9 Å². The number of halogens is 1. The second-order valence-electron chi connectivity index (χ2n) is 3.68. The Morgan fingerprint density at radius 1 is 1.35 bits per heavy atom. The number of aromatic nitrogens is 1. The predicted octanol–water partition coefficient (Wildman–Crippen LogP) is 3.00. The Hall–Kier alpha value is -1.10. The van der Waals surface area contributed by atoms with Crippen LogP contribution in [0.1, 0.15) is 23.4 Å². The SMILES string of the molecule is CC(NCc1cnc(N)s1)c1ccccc1.Cl. The number of hydrogen-bond donors (Lipinski definition) is 2. The lowest BCUT2D eigenvalue weighted by Crippen LogP contribution is -2.17. The molecule has 2 aromatic rings. The standard InChI is InChI=1S/C12H15N3S.ClH/c1-9(10-5-3-2-4-6-10)14-7-11-8-15-12(13)16-11;/h2-6,8-9,14H,7H2,1H3,(H2,13,15);1H. The van der Waals surface area contributed by atoms with Crippen LogP contribution in [-0.4, -0.2) is 4.98 Å². The molecular formula is C12H16ClN3S. The van der Waals surface area contributed by atoms with Gasteiger partial charge in [-0.05, 0) is 12.5 Å². The van der Waals surface area contributed by atoms with Gasteiger partial charge in [-0.15, -0.1) is 23.7 Å². The van der Waals surface area contributed by atoms with Crippen molar-refractivity contribution in [1.82, 2.24) is 10.3 Å². The van der Waals surface area contributed by atoms with E-state index in [9.17, 15) is 0 Å². The minimum Gasteiger partial charge on any atom is -0.375 e. The monoisotopic (exact) mass is 269 g/mol. The minimum absolute atomic E-state index is 0. The molecule has 0 amide bonds. The molecule has 92 valence electrons. The number of thiazole rings is 1. The highest BCUT2D eigenvalue weighted by Crippen LogP contribution is 2.16. The van der Waals surface area contributed by atoms with Crippen LogP contribution < -0.4 is 11.1 Å². The van der Waals surface area contributed by atoms with Crippen LogP contribution in [0.4, 0.5) is 5.13 Å². The van der Waals surface area contributed by atoms with E-state index in [4.69, 9.17) is 5.73 Å². The van der Waals surface area contributed by atoms with Gasteiger partial charge in [-0.1, -0.05) is 30.3 Å². The van der Waals surface area contributed by atoms with Gasteiger partial charge in [0.15, 0.2) is 5.13 Å². The summed E-state index contributed by atoms with van der Waals surface area (Å²) in [6.45, 7) is 2.96. The second kappa shape index (κ2) is 6.59. The highest BCUT2D eigenvalue weighted by Gasteiger charge is 2.05. The van der Waals surface area contributed by atoms with Crippen molar-refractivity contribution in [1.29, 1.82) is 0 Å². The largest absolute Gasteiger partial charge is 0.375 e. The Labute approximate surface area is 111 Å². The summed E-state index contributed by atoms with van der Waals surface area (Å²) < 4.78 is 0. The highest BCUT2D eigenvalue weighted by atomic mass is 35.5. The van der Waals surface area contributed by atoms with Crippen LogP contribution in [-0.2, 0) is 6.54 Å². The molecule has 0 fully saturated rings. The van der Waals surface area contributed by atoms with E-state index in [1.165, 1.54) is 21.8 Å². The second-order valence-corrected chi connectivity index (χ2v) is 4.82. The average molecular weight is 270 g/mol. The summed E-state index contributed by atoms with van der Waals surface area (Å²) in [5.41, 5.74) is 6.87. The molecule has 3 nitrogen and oxygen atoms in total. The third-order valence-corrected chi connectivity index (χ3v) is 3.28. The van der Waals surface area contributed by atoms with Crippen LogP contribution in [0.25, 0.3) is 0 Å². The van der Waals surface area contributed by atoms with E-state index in [0.29, 0.717) is 11.2 Å². The van der Waals surface area contributed by atoms with Crippen LogP contribution in [0, 0.1) is 0 Å². The summed E-state index contributed by atoms with van der Waals surface area (Å²) in [6, 6.07) is 10.7. The molecule has 1 aromatic carbocycles. The number of nitrogens with zero attached hydrogens (tertiary/aromatic N) is 1. The number of nitrogen functional groups attached to an aromatic ring is 1. The fourth-order valence-electron chi connectivity index (χ4n) is 1.52. The Bertz CT molecular complexity index is 444. The van der Waals surface area contributed by atoms with Gasteiger partial charge in [0.25, 0.3) is 0 Å². The Balaban J connectivity index is 0.00000144. The number of nitrogens with two attached hydrogens (primary N) is 1. The molecule has 0 spiro atoms. The first-order valence-corrected chi connectivity index (χ1v) is 6.06. The van der Waals surface area contributed by atoms with Gasteiger partial charge in [0, 0.05) is 23.7 Å². The van der Waals surface area contributed by atoms with Crippen LogP contribution in [0.2, 0.25) is 0 Å². The van der Waals surface area contributed by atoms with Gasteiger partial charge in [0.05, 0.1) is 0 Å².